The minimum atomic E-state index is -0.546. The van der Waals surface area contributed by atoms with Crippen molar-refractivity contribution in [3.8, 4) is 0 Å². The zero-order chi connectivity index (χ0) is 12.8. The number of anilines is 2. The first-order valence-corrected chi connectivity index (χ1v) is 5.33. The van der Waals surface area contributed by atoms with E-state index in [1.807, 2.05) is 6.07 Å². The Bertz CT molecular complexity index is 528. The number of amides is 3. The summed E-state index contributed by atoms with van der Waals surface area (Å²) in [4.78, 5) is 27.8. The number of imide groups is 1. The number of hydrogen-bond acceptors (Lipinski definition) is 3. The van der Waals surface area contributed by atoms with Crippen LogP contribution in [0.4, 0.5) is 16.3 Å². The molecule has 1 N–H and O–H groups in total. The van der Waals surface area contributed by atoms with Crippen molar-refractivity contribution in [2.45, 2.75) is 0 Å². The Hall–Kier alpha value is -2.69. The normalized spacial score (nSPS) is 9.56. The van der Waals surface area contributed by atoms with Crippen molar-refractivity contribution in [3.05, 3.63) is 54.7 Å². The van der Waals surface area contributed by atoms with Crippen molar-refractivity contribution in [1.82, 2.24) is 4.98 Å². The maximum Gasteiger partial charge on any atom is 0.334 e. The van der Waals surface area contributed by atoms with Gasteiger partial charge in [-0.3, -0.25) is 10.1 Å². The number of rotatable bonds is 3. The maximum atomic E-state index is 11.9. The number of benzene rings is 1. The number of hydrogen-bond donors (Lipinski definition) is 1. The summed E-state index contributed by atoms with van der Waals surface area (Å²) in [5.74, 6) is 0.394. The number of nitrogens with zero attached hydrogens (tertiary/aromatic N) is 2. The summed E-state index contributed by atoms with van der Waals surface area (Å²) in [5.41, 5.74) is 0.501. The summed E-state index contributed by atoms with van der Waals surface area (Å²) >= 11 is 0. The van der Waals surface area contributed by atoms with Gasteiger partial charge in [-0.2, -0.15) is 0 Å². The van der Waals surface area contributed by atoms with Gasteiger partial charge in [0.25, 0.3) is 0 Å². The second-order valence-electron chi connectivity index (χ2n) is 3.46. The van der Waals surface area contributed by atoms with E-state index in [2.05, 4.69) is 10.3 Å². The minimum Gasteiger partial charge on any atom is -0.292 e. The second-order valence-corrected chi connectivity index (χ2v) is 3.46. The molecule has 1 heterocycles. The lowest BCUT2D eigenvalue weighted by Crippen LogP contribution is -2.33. The molecule has 3 amide bonds. The summed E-state index contributed by atoms with van der Waals surface area (Å²) in [6, 6.07) is 13.2. The van der Waals surface area contributed by atoms with E-state index in [0.717, 1.165) is 4.90 Å². The van der Waals surface area contributed by atoms with Gasteiger partial charge in [0, 0.05) is 6.20 Å². The molecule has 1 aromatic carbocycles. The Balaban J connectivity index is 2.14. The molecule has 0 saturated heterocycles. The Morgan fingerprint density at radius 1 is 1.11 bits per heavy atom. The van der Waals surface area contributed by atoms with Crippen LogP contribution in [0, 0.1) is 0 Å². The Kier molecular flexibility index (Phi) is 3.66. The van der Waals surface area contributed by atoms with E-state index in [9.17, 15) is 9.59 Å². The van der Waals surface area contributed by atoms with E-state index in [0.29, 0.717) is 17.9 Å². The highest BCUT2D eigenvalue weighted by Crippen LogP contribution is 2.12. The molecule has 2 aromatic rings. The van der Waals surface area contributed by atoms with Crippen LogP contribution in [0.15, 0.2) is 54.7 Å². The number of nitrogens with one attached hydrogen (secondary N) is 1. The molecule has 18 heavy (non-hydrogen) atoms. The van der Waals surface area contributed by atoms with Gasteiger partial charge in [0.1, 0.15) is 5.82 Å². The summed E-state index contributed by atoms with van der Waals surface area (Å²) in [7, 11) is 0. The van der Waals surface area contributed by atoms with Crippen LogP contribution >= 0.6 is 0 Å². The SMILES string of the molecule is O=CN(C(=O)Nc1ccccn1)c1ccccc1. The molecular weight excluding hydrogens is 230 g/mol. The summed E-state index contributed by atoms with van der Waals surface area (Å²) in [6.07, 6.45) is 2.02. The van der Waals surface area contributed by atoms with Crippen LogP contribution in [0.1, 0.15) is 0 Å². The highest BCUT2D eigenvalue weighted by atomic mass is 16.2. The molecule has 0 radical (unpaired) electrons. The molecule has 2 rings (SSSR count). The van der Waals surface area contributed by atoms with Crippen LogP contribution < -0.4 is 10.2 Å². The largest absolute Gasteiger partial charge is 0.334 e. The summed E-state index contributed by atoms with van der Waals surface area (Å²) < 4.78 is 0. The van der Waals surface area contributed by atoms with Crippen LogP contribution in [-0.4, -0.2) is 17.4 Å². The highest BCUT2D eigenvalue weighted by Gasteiger charge is 2.14. The number of pyridine rings is 1. The number of para-hydroxylation sites is 1. The number of aromatic nitrogens is 1. The van der Waals surface area contributed by atoms with Gasteiger partial charge in [-0.1, -0.05) is 24.3 Å². The number of carbonyl (C=O) groups excluding carboxylic acids is 2. The molecule has 0 aliphatic heterocycles. The van der Waals surface area contributed by atoms with Gasteiger partial charge in [-0.15, -0.1) is 0 Å². The molecule has 0 fully saturated rings. The van der Waals surface area contributed by atoms with Gasteiger partial charge in [-0.05, 0) is 24.3 Å². The van der Waals surface area contributed by atoms with Crippen molar-refractivity contribution in [1.29, 1.82) is 0 Å². The molecule has 5 nitrogen and oxygen atoms in total. The van der Waals surface area contributed by atoms with E-state index < -0.39 is 6.03 Å². The fourth-order valence-electron chi connectivity index (χ4n) is 1.42. The second kappa shape index (κ2) is 5.58. The van der Waals surface area contributed by atoms with Crippen molar-refractivity contribution < 1.29 is 9.59 Å². The first-order chi connectivity index (χ1) is 8.81. The predicted octanol–water partition coefficient (Wildman–Crippen LogP) is 2.28. The molecule has 0 aliphatic rings. The minimum absolute atomic E-state index is 0.394. The average molecular weight is 241 g/mol. The molecule has 1 aromatic heterocycles. The van der Waals surface area contributed by atoms with Gasteiger partial charge in [-0.25, -0.2) is 14.7 Å². The number of carbonyl (C=O) groups is 2. The summed E-state index contributed by atoms with van der Waals surface area (Å²) in [6.45, 7) is 0. The zero-order valence-electron chi connectivity index (χ0n) is 9.48. The van der Waals surface area contributed by atoms with Crippen molar-refractivity contribution in [2.24, 2.45) is 0 Å². The highest BCUT2D eigenvalue weighted by molar-refractivity contribution is 6.11. The Morgan fingerprint density at radius 3 is 2.44 bits per heavy atom. The van der Waals surface area contributed by atoms with E-state index in [1.165, 1.54) is 0 Å². The van der Waals surface area contributed by atoms with Crippen molar-refractivity contribution in [2.75, 3.05) is 10.2 Å². The van der Waals surface area contributed by atoms with Crippen LogP contribution in [0.25, 0.3) is 0 Å². The van der Waals surface area contributed by atoms with Crippen molar-refractivity contribution >= 4 is 23.9 Å². The first kappa shape index (κ1) is 11.8. The van der Waals surface area contributed by atoms with Gasteiger partial charge in [0.15, 0.2) is 0 Å². The van der Waals surface area contributed by atoms with Crippen LogP contribution in [0.2, 0.25) is 0 Å². The lowest BCUT2D eigenvalue weighted by molar-refractivity contribution is -0.106. The predicted molar refractivity (Wildman–Crippen MR) is 68.2 cm³/mol. The van der Waals surface area contributed by atoms with Crippen LogP contribution in [-0.2, 0) is 4.79 Å². The van der Waals surface area contributed by atoms with E-state index in [-0.39, 0.29) is 0 Å². The molecule has 0 bridgehead atoms. The van der Waals surface area contributed by atoms with Gasteiger partial charge < -0.3 is 0 Å². The summed E-state index contributed by atoms with van der Waals surface area (Å²) in [5, 5.41) is 2.54. The smallest absolute Gasteiger partial charge is 0.292 e. The van der Waals surface area contributed by atoms with Crippen LogP contribution in [0.3, 0.4) is 0 Å². The van der Waals surface area contributed by atoms with E-state index in [1.54, 1.807) is 48.7 Å². The quantitative estimate of drug-likeness (QED) is 0.838. The molecule has 0 spiro atoms. The van der Waals surface area contributed by atoms with E-state index in [4.69, 9.17) is 0 Å². The van der Waals surface area contributed by atoms with Gasteiger partial charge >= 0.3 is 6.03 Å². The third kappa shape index (κ3) is 2.70. The molecule has 0 unspecified atom stereocenters. The zero-order valence-corrected chi connectivity index (χ0v) is 9.48. The number of urea groups is 1. The fraction of sp³-hybridized carbons (Fsp3) is 0. The third-order valence-corrected chi connectivity index (χ3v) is 2.26. The fourth-order valence-corrected chi connectivity index (χ4v) is 1.42. The lowest BCUT2D eigenvalue weighted by atomic mass is 10.3. The Labute approximate surface area is 104 Å². The molecule has 0 atom stereocenters. The molecule has 90 valence electrons. The average Bonchev–Trinajstić information content (AvgIpc) is 2.42. The third-order valence-electron chi connectivity index (χ3n) is 2.26. The molecule has 5 heteroatoms. The lowest BCUT2D eigenvalue weighted by Gasteiger charge is -2.15. The first-order valence-electron chi connectivity index (χ1n) is 5.33. The molecular formula is C13H11N3O2. The maximum absolute atomic E-state index is 11.9. The van der Waals surface area contributed by atoms with Crippen molar-refractivity contribution in [3.63, 3.8) is 0 Å². The van der Waals surface area contributed by atoms with Gasteiger partial charge in [0.2, 0.25) is 6.41 Å². The molecule has 0 saturated carbocycles. The Morgan fingerprint density at radius 2 is 1.83 bits per heavy atom. The monoisotopic (exact) mass is 241 g/mol. The van der Waals surface area contributed by atoms with E-state index >= 15 is 0 Å². The topological polar surface area (TPSA) is 62.3 Å². The standard InChI is InChI=1S/C13H11N3O2/c17-10-16(11-6-2-1-3-7-11)13(18)15-12-8-4-5-9-14-12/h1-10H,(H,14,15,18). The molecule has 0 aliphatic carbocycles. The van der Waals surface area contributed by atoms with Crippen LogP contribution in [0.5, 0.6) is 0 Å². The van der Waals surface area contributed by atoms with Gasteiger partial charge in [0.05, 0.1) is 5.69 Å².